The van der Waals surface area contributed by atoms with Gasteiger partial charge in [0.25, 0.3) is 5.56 Å². The summed E-state index contributed by atoms with van der Waals surface area (Å²) in [5.41, 5.74) is 1.43. The van der Waals surface area contributed by atoms with Gasteiger partial charge in [0.1, 0.15) is 0 Å². The highest BCUT2D eigenvalue weighted by molar-refractivity contribution is 5.34. The quantitative estimate of drug-likeness (QED) is 0.771. The van der Waals surface area contributed by atoms with Crippen LogP contribution in [0, 0.1) is 11.8 Å². The van der Waals surface area contributed by atoms with Crippen LogP contribution in [0.5, 0.6) is 0 Å². The van der Waals surface area contributed by atoms with Gasteiger partial charge in [-0.2, -0.15) is 13.2 Å². The Bertz CT molecular complexity index is 953. The van der Waals surface area contributed by atoms with Gasteiger partial charge < -0.3 is 10.6 Å². The standard InChI is InChI=1S/C20H21F3N4O/c1-2-3-12-27-18(28)16-13-24-10-9-17(16)26-19(27)25-11-8-14-4-6-15(7-5-14)20(21,22)23/h4-7,24H,8-13H2,1H3,(H,25,26). The van der Waals surface area contributed by atoms with Gasteiger partial charge >= 0.3 is 6.18 Å². The van der Waals surface area contributed by atoms with Crippen molar-refractivity contribution in [3.05, 3.63) is 57.0 Å². The number of hydrogen-bond acceptors (Lipinski definition) is 4. The van der Waals surface area contributed by atoms with E-state index in [1.807, 2.05) is 0 Å². The van der Waals surface area contributed by atoms with Crippen LogP contribution in [-0.2, 0) is 32.1 Å². The minimum atomic E-state index is -4.34. The molecule has 0 bridgehead atoms. The highest BCUT2D eigenvalue weighted by Gasteiger charge is 2.29. The second-order valence-corrected chi connectivity index (χ2v) is 6.48. The molecule has 0 unspecified atom stereocenters. The maximum atomic E-state index is 12.8. The number of halogens is 3. The molecule has 0 radical (unpaired) electrons. The minimum Gasteiger partial charge on any atom is -0.355 e. The topological polar surface area (TPSA) is 59.0 Å². The number of hydrogen-bond donors (Lipinski definition) is 2. The number of alkyl halides is 3. The molecule has 1 aromatic carbocycles. The van der Waals surface area contributed by atoms with E-state index in [1.54, 1.807) is 6.92 Å². The monoisotopic (exact) mass is 390 g/mol. The van der Waals surface area contributed by atoms with E-state index in [-0.39, 0.29) is 12.1 Å². The van der Waals surface area contributed by atoms with Gasteiger partial charge in [0, 0.05) is 26.1 Å². The van der Waals surface area contributed by atoms with Crippen LogP contribution in [0.25, 0.3) is 0 Å². The van der Waals surface area contributed by atoms with Crippen LogP contribution in [0.2, 0.25) is 0 Å². The molecule has 1 aliphatic heterocycles. The van der Waals surface area contributed by atoms with Crippen LogP contribution in [0.3, 0.4) is 0 Å². The molecule has 1 aliphatic rings. The highest BCUT2D eigenvalue weighted by Crippen LogP contribution is 2.29. The molecule has 0 saturated heterocycles. The second kappa shape index (κ2) is 8.48. The fourth-order valence-corrected chi connectivity index (χ4v) is 3.06. The van der Waals surface area contributed by atoms with E-state index in [4.69, 9.17) is 0 Å². The summed E-state index contributed by atoms with van der Waals surface area (Å²) >= 11 is 0. The molecule has 8 heteroatoms. The molecule has 148 valence electrons. The van der Waals surface area contributed by atoms with Gasteiger partial charge in [-0.25, -0.2) is 4.98 Å². The summed E-state index contributed by atoms with van der Waals surface area (Å²) in [7, 11) is 0. The summed E-state index contributed by atoms with van der Waals surface area (Å²) in [4.78, 5) is 17.4. The number of aromatic nitrogens is 2. The minimum absolute atomic E-state index is 0.114. The van der Waals surface area contributed by atoms with Crippen molar-refractivity contribution in [2.75, 3.05) is 18.4 Å². The molecule has 0 atom stereocenters. The van der Waals surface area contributed by atoms with E-state index >= 15 is 0 Å². The van der Waals surface area contributed by atoms with Gasteiger partial charge in [-0.1, -0.05) is 18.1 Å². The molecule has 5 nitrogen and oxygen atoms in total. The summed E-state index contributed by atoms with van der Waals surface area (Å²) in [6.45, 7) is 3.64. The van der Waals surface area contributed by atoms with E-state index < -0.39 is 11.7 Å². The first-order chi connectivity index (χ1) is 13.4. The molecule has 0 amide bonds. The Kier molecular flexibility index (Phi) is 6.05. The van der Waals surface area contributed by atoms with E-state index in [1.165, 1.54) is 16.7 Å². The Morgan fingerprint density at radius 1 is 1.29 bits per heavy atom. The molecule has 2 aromatic rings. The van der Waals surface area contributed by atoms with Crippen molar-refractivity contribution in [1.82, 2.24) is 14.9 Å². The summed E-state index contributed by atoms with van der Waals surface area (Å²) in [6, 6.07) is 5.08. The Labute approximate surface area is 161 Å². The van der Waals surface area contributed by atoms with E-state index in [2.05, 4.69) is 27.5 Å². The van der Waals surface area contributed by atoms with Crippen molar-refractivity contribution in [3.8, 4) is 11.8 Å². The van der Waals surface area contributed by atoms with Crippen LogP contribution in [0.4, 0.5) is 19.1 Å². The molecular weight excluding hydrogens is 369 g/mol. The lowest BCUT2D eigenvalue weighted by Gasteiger charge is -2.20. The van der Waals surface area contributed by atoms with E-state index in [0.717, 1.165) is 29.9 Å². The Balaban J connectivity index is 1.75. The number of anilines is 1. The summed E-state index contributed by atoms with van der Waals surface area (Å²) in [5, 5.41) is 6.32. The summed E-state index contributed by atoms with van der Waals surface area (Å²) < 4.78 is 39.4. The third kappa shape index (κ3) is 4.54. The Hall–Kier alpha value is -2.79. The molecule has 0 aliphatic carbocycles. The Morgan fingerprint density at radius 3 is 2.71 bits per heavy atom. The fraction of sp³-hybridized carbons (Fsp3) is 0.400. The van der Waals surface area contributed by atoms with E-state index in [0.29, 0.717) is 37.4 Å². The number of nitrogens with zero attached hydrogens (tertiary/aromatic N) is 2. The van der Waals surface area contributed by atoms with Crippen LogP contribution in [0.1, 0.15) is 29.3 Å². The molecule has 2 N–H and O–H groups in total. The number of fused-ring (bicyclic) bond motifs is 1. The summed E-state index contributed by atoms with van der Waals surface area (Å²) in [5.74, 6) is 6.11. The van der Waals surface area contributed by atoms with Crippen molar-refractivity contribution < 1.29 is 13.2 Å². The third-order valence-corrected chi connectivity index (χ3v) is 4.58. The van der Waals surface area contributed by atoms with Crippen LogP contribution >= 0.6 is 0 Å². The second-order valence-electron chi connectivity index (χ2n) is 6.48. The van der Waals surface area contributed by atoms with Crippen molar-refractivity contribution in [2.45, 2.75) is 39.0 Å². The first kappa shape index (κ1) is 20.0. The normalized spacial score (nSPS) is 13.4. The smallest absolute Gasteiger partial charge is 0.355 e. The first-order valence-corrected chi connectivity index (χ1v) is 9.03. The zero-order valence-electron chi connectivity index (χ0n) is 15.5. The summed E-state index contributed by atoms with van der Waals surface area (Å²) in [6.07, 6.45) is -3.15. The maximum Gasteiger partial charge on any atom is 0.416 e. The zero-order valence-corrected chi connectivity index (χ0v) is 15.5. The lowest BCUT2D eigenvalue weighted by Crippen LogP contribution is -2.36. The predicted molar refractivity (Wildman–Crippen MR) is 101 cm³/mol. The molecular formula is C20H21F3N4O. The van der Waals surface area contributed by atoms with Gasteiger partial charge in [0.15, 0.2) is 0 Å². The van der Waals surface area contributed by atoms with E-state index in [9.17, 15) is 18.0 Å². The molecule has 28 heavy (non-hydrogen) atoms. The molecule has 0 spiro atoms. The van der Waals surface area contributed by atoms with Gasteiger partial charge in [-0.15, -0.1) is 5.92 Å². The van der Waals surface area contributed by atoms with Crippen LogP contribution in [-0.4, -0.2) is 22.6 Å². The average molecular weight is 390 g/mol. The molecule has 3 rings (SSSR count). The van der Waals surface area contributed by atoms with Gasteiger partial charge in [-0.3, -0.25) is 9.36 Å². The van der Waals surface area contributed by atoms with Crippen molar-refractivity contribution in [1.29, 1.82) is 0 Å². The third-order valence-electron chi connectivity index (χ3n) is 4.58. The lowest BCUT2D eigenvalue weighted by molar-refractivity contribution is -0.137. The maximum absolute atomic E-state index is 12.8. The fourth-order valence-electron chi connectivity index (χ4n) is 3.06. The first-order valence-electron chi connectivity index (χ1n) is 9.03. The van der Waals surface area contributed by atoms with Crippen LogP contribution < -0.4 is 16.2 Å². The lowest BCUT2D eigenvalue weighted by atomic mass is 10.1. The van der Waals surface area contributed by atoms with Crippen molar-refractivity contribution in [3.63, 3.8) is 0 Å². The highest BCUT2D eigenvalue weighted by atomic mass is 19.4. The molecule has 0 fully saturated rings. The Morgan fingerprint density at radius 2 is 2.04 bits per heavy atom. The SMILES string of the molecule is CC#CCn1c(NCCc2ccc(C(F)(F)F)cc2)nc2c(c1=O)CNCC2. The number of nitrogens with one attached hydrogen (secondary N) is 2. The van der Waals surface area contributed by atoms with Crippen molar-refractivity contribution >= 4 is 5.95 Å². The molecule has 1 aromatic heterocycles. The predicted octanol–water partition coefficient (Wildman–Crippen LogP) is 2.59. The van der Waals surface area contributed by atoms with Gasteiger partial charge in [0.05, 0.1) is 23.4 Å². The van der Waals surface area contributed by atoms with Crippen LogP contribution in [0.15, 0.2) is 29.1 Å². The van der Waals surface area contributed by atoms with Gasteiger partial charge in [0.2, 0.25) is 5.95 Å². The number of benzene rings is 1. The number of rotatable bonds is 5. The molecule has 2 heterocycles. The zero-order chi connectivity index (χ0) is 20.1. The van der Waals surface area contributed by atoms with Gasteiger partial charge in [-0.05, 0) is 31.0 Å². The largest absolute Gasteiger partial charge is 0.416 e. The van der Waals surface area contributed by atoms with Crippen molar-refractivity contribution in [2.24, 2.45) is 0 Å². The average Bonchev–Trinajstić information content (AvgIpc) is 2.67. The molecule has 0 saturated carbocycles.